The lowest BCUT2D eigenvalue weighted by Gasteiger charge is -2.40. The number of rotatable bonds is 3. The Labute approximate surface area is 99.7 Å². The summed E-state index contributed by atoms with van der Waals surface area (Å²) in [6, 6.07) is 4.27. The summed E-state index contributed by atoms with van der Waals surface area (Å²) in [5.41, 5.74) is 0.423. The Hall–Kier alpha value is -1.42. The molecule has 17 heavy (non-hydrogen) atoms. The van der Waals surface area contributed by atoms with Gasteiger partial charge in [0.25, 0.3) is 5.91 Å². The molecule has 1 aliphatic rings. The highest BCUT2D eigenvalue weighted by molar-refractivity contribution is 5.95. The first-order valence-corrected chi connectivity index (χ1v) is 5.76. The van der Waals surface area contributed by atoms with Gasteiger partial charge in [-0.25, -0.2) is 4.39 Å². The van der Waals surface area contributed by atoms with E-state index in [9.17, 15) is 14.3 Å². The SMILES string of the molecule is Cc1cc(C(=O)NC2(CO)CCC2)ccc1F. The topological polar surface area (TPSA) is 49.3 Å². The number of aliphatic hydroxyl groups excluding tert-OH is 1. The Morgan fingerprint density at radius 2 is 2.24 bits per heavy atom. The van der Waals surface area contributed by atoms with E-state index in [4.69, 9.17) is 0 Å². The van der Waals surface area contributed by atoms with Crippen LogP contribution in [0.15, 0.2) is 18.2 Å². The van der Waals surface area contributed by atoms with Crippen molar-refractivity contribution in [2.45, 2.75) is 31.7 Å². The van der Waals surface area contributed by atoms with Crippen LogP contribution in [0.3, 0.4) is 0 Å². The molecule has 92 valence electrons. The van der Waals surface area contributed by atoms with E-state index in [1.807, 2.05) is 0 Å². The zero-order chi connectivity index (χ0) is 12.5. The molecule has 0 aromatic heterocycles. The maximum Gasteiger partial charge on any atom is 0.251 e. The standard InChI is InChI=1S/C13H16FNO2/c1-9-7-10(3-4-11(9)14)12(17)15-13(8-16)5-2-6-13/h3-4,7,16H,2,5-6,8H2,1H3,(H,15,17). The van der Waals surface area contributed by atoms with Gasteiger partial charge in [-0.3, -0.25) is 4.79 Å². The van der Waals surface area contributed by atoms with Crippen molar-refractivity contribution in [2.75, 3.05) is 6.61 Å². The number of aryl methyl sites for hydroxylation is 1. The Bertz CT molecular complexity index is 436. The number of nitrogens with one attached hydrogen (secondary N) is 1. The van der Waals surface area contributed by atoms with Crippen LogP contribution in [-0.4, -0.2) is 23.2 Å². The molecule has 0 atom stereocenters. The van der Waals surface area contributed by atoms with Crippen LogP contribution in [0, 0.1) is 12.7 Å². The van der Waals surface area contributed by atoms with Gasteiger partial charge in [-0.1, -0.05) is 0 Å². The minimum Gasteiger partial charge on any atom is -0.394 e. The molecular formula is C13H16FNO2. The molecule has 0 saturated heterocycles. The number of carbonyl (C=O) groups excluding carboxylic acids is 1. The zero-order valence-corrected chi connectivity index (χ0v) is 9.79. The van der Waals surface area contributed by atoms with Crippen molar-refractivity contribution >= 4 is 5.91 Å². The highest BCUT2D eigenvalue weighted by atomic mass is 19.1. The number of aliphatic hydroxyl groups is 1. The van der Waals surface area contributed by atoms with Gasteiger partial charge in [0.15, 0.2) is 0 Å². The second-order valence-corrected chi connectivity index (χ2v) is 4.71. The summed E-state index contributed by atoms with van der Waals surface area (Å²) >= 11 is 0. The first kappa shape index (κ1) is 12.0. The first-order chi connectivity index (χ1) is 8.06. The van der Waals surface area contributed by atoms with Gasteiger partial charge in [-0.2, -0.15) is 0 Å². The molecule has 4 heteroatoms. The Kier molecular flexibility index (Phi) is 3.15. The van der Waals surface area contributed by atoms with Gasteiger partial charge >= 0.3 is 0 Å². The molecule has 1 aromatic rings. The highest BCUT2D eigenvalue weighted by Crippen LogP contribution is 2.31. The molecule has 1 fully saturated rings. The highest BCUT2D eigenvalue weighted by Gasteiger charge is 2.37. The van der Waals surface area contributed by atoms with Crippen LogP contribution in [0.25, 0.3) is 0 Å². The van der Waals surface area contributed by atoms with Gasteiger partial charge < -0.3 is 10.4 Å². The fraction of sp³-hybridized carbons (Fsp3) is 0.462. The average Bonchev–Trinajstić information content (AvgIpc) is 2.27. The first-order valence-electron chi connectivity index (χ1n) is 5.76. The second kappa shape index (κ2) is 4.45. The van der Waals surface area contributed by atoms with E-state index in [1.165, 1.54) is 18.2 Å². The third-order valence-electron chi connectivity index (χ3n) is 3.41. The van der Waals surface area contributed by atoms with Crippen molar-refractivity contribution < 1.29 is 14.3 Å². The van der Waals surface area contributed by atoms with Crippen molar-refractivity contribution in [3.05, 3.63) is 35.1 Å². The molecule has 2 N–H and O–H groups in total. The Morgan fingerprint density at radius 3 is 2.71 bits per heavy atom. The molecule has 3 nitrogen and oxygen atoms in total. The summed E-state index contributed by atoms with van der Waals surface area (Å²) in [5, 5.41) is 12.1. The third kappa shape index (κ3) is 2.31. The molecule has 0 aliphatic heterocycles. The molecule has 0 spiro atoms. The lowest BCUT2D eigenvalue weighted by atomic mass is 9.77. The number of hydrogen-bond donors (Lipinski definition) is 2. The predicted molar refractivity (Wildman–Crippen MR) is 62.3 cm³/mol. The van der Waals surface area contributed by atoms with Crippen molar-refractivity contribution in [3.8, 4) is 0 Å². The molecule has 1 amide bonds. The zero-order valence-electron chi connectivity index (χ0n) is 9.79. The molecule has 0 bridgehead atoms. The summed E-state index contributed by atoms with van der Waals surface area (Å²) in [7, 11) is 0. The van der Waals surface area contributed by atoms with Crippen molar-refractivity contribution in [1.82, 2.24) is 5.32 Å². The number of benzene rings is 1. The molecule has 0 heterocycles. The molecule has 2 rings (SSSR count). The maximum atomic E-state index is 13.1. The summed E-state index contributed by atoms with van der Waals surface area (Å²) in [6.07, 6.45) is 2.62. The number of hydrogen-bond acceptors (Lipinski definition) is 2. The van der Waals surface area contributed by atoms with E-state index in [1.54, 1.807) is 6.92 Å². The summed E-state index contributed by atoms with van der Waals surface area (Å²) in [5.74, 6) is -0.566. The van der Waals surface area contributed by atoms with Crippen LogP contribution in [0.5, 0.6) is 0 Å². The van der Waals surface area contributed by atoms with Crippen LogP contribution in [0.1, 0.15) is 35.2 Å². The quantitative estimate of drug-likeness (QED) is 0.841. The molecular weight excluding hydrogens is 221 g/mol. The van der Waals surface area contributed by atoms with Crippen molar-refractivity contribution in [3.63, 3.8) is 0 Å². The minimum atomic E-state index is -0.459. The molecule has 1 aliphatic carbocycles. The lowest BCUT2D eigenvalue weighted by molar-refractivity contribution is 0.0641. The third-order valence-corrected chi connectivity index (χ3v) is 3.41. The van der Waals surface area contributed by atoms with Crippen LogP contribution in [-0.2, 0) is 0 Å². The fourth-order valence-corrected chi connectivity index (χ4v) is 2.03. The lowest BCUT2D eigenvalue weighted by Crippen LogP contribution is -2.56. The summed E-state index contributed by atoms with van der Waals surface area (Å²) in [4.78, 5) is 11.9. The fourth-order valence-electron chi connectivity index (χ4n) is 2.03. The normalized spacial score (nSPS) is 17.4. The minimum absolute atomic E-state index is 0.0427. The van der Waals surface area contributed by atoms with Gasteiger partial charge in [-0.05, 0) is 49.9 Å². The van der Waals surface area contributed by atoms with E-state index in [0.717, 1.165) is 19.3 Å². The van der Waals surface area contributed by atoms with Crippen LogP contribution in [0.2, 0.25) is 0 Å². The summed E-state index contributed by atoms with van der Waals surface area (Å²) in [6.45, 7) is 1.58. The summed E-state index contributed by atoms with van der Waals surface area (Å²) < 4.78 is 13.1. The second-order valence-electron chi connectivity index (χ2n) is 4.71. The van der Waals surface area contributed by atoms with E-state index in [2.05, 4.69) is 5.32 Å². The smallest absolute Gasteiger partial charge is 0.251 e. The van der Waals surface area contributed by atoms with Gasteiger partial charge in [0, 0.05) is 5.56 Å². The van der Waals surface area contributed by atoms with Gasteiger partial charge in [-0.15, -0.1) is 0 Å². The largest absolute Gasteiger partial charge is 0.394 e. The van der Waals surface area contributed by atoms with Crippen molar-refractivity contribution in [1.29, 1.82) is 0 Å². The number of carbonyl (C=O) groups is 1. The van der Waals surface area contributed by atoms with Gasteiger partial charge in [0.05, 0.1) is 12.1 Å². The van der Waals surface area contributed by atoms with E-state index in [-0.39, 0.29) is 18.3 Å². The Balaban J connectivity index is 2.11. The molecule has 1 saturated carbocycles. The van der Waals surface area contributed by atoms with Crippen LogP contribution >= 0.6 is 0 Å². The molecule has 0 radical (unpaired) electrons. The average molecular weight is 237 g/mol. The van der Waals surface area contributed by atoms with E-state index in [0.29, 0.717) is 11.1 Å². The van der Waals surface area contributed by atoms with Gasteiger partial charge in [0.1, 0.15) is 5.82 Å². The molecule has 1 aromatic carbocycles. The van der Waals surface area contributed by atoms with E-state index >= 15 is 0 Å². The van der Waals surface area contributed by atoms with Gasteiger partial charge in [0.2, 0.25) is 0 Å². The predicted octanol–water partition coefficient (Wildman–Crippen LogP) is 1.78. The number of amides is 1. The molecule has 0 unspecified atom stereocenters. The maximum absolute atomic E-state index is 13.1. The number of halogens is 1. The van der Waals surface area contributed by atoms with Crippen LogP contribution in [0.4, 0.5) is 4.39 Å². The Morgan fingerprint density at radius 1 is 1.53 bits per heavy atom. The van der Waals surface area contributed by atoms with Crippen LogP contribution < -0.4 is 5.32 Å². The van der Waals surface area contributed by atoms with Crippen molar-refractivity contribution in [2.24, 2.45) is 0 Å². The van der Waals surface area contributed by atoms with E-state index < -0.39 is 5.54 Å². The monoisotopic (exact) mass is 237 g/mol.